The smallest absolute Gasteiger partial charge is 0.304 e. The first-order valence-electron chi connectivity index (χ1n) is 4.48. The van der Waals surface area contributed by atoms with Crippen molar-refractivity contribution in [3.8, 4) is 29.2 Å². The molecule has 1 aromatic heterocycles. The Balaban J connectivity index is 2.33. The Morgan fingerprint density at radius 2 is 2.00 bits per heavy atom. The van der Waals surface area contributed by atoms with Gasteiger partial charge in [0.05, 0.1) is 5.69 Å². The van der Waals surface area contributed by atoms with E-state index < -0.39 is 0 Å². The molecule has 2 aromatic rings. The fourth-order valence-corrected chi connectivity index (χ4v) is 1.84. The molecule has 16 heavy (non-hydrogen) atoms. The molecular weight excluding hydrogens is 220 g/mol. The fourth-order valence-electron chi connectivity index (χ4n) is 1.25. The maximum absolute atomic E-state index is 11.0. The van der Waals surface area contributed by atoms with Crippen molar-refractivity contribution < 1.29 is 0 Å². The van der Waals surface area contributed by atoms with Gasteiger partial charge in [0.1, 0.15) is 0 Å². The third kappa shape index (κ3) is 2.20. The van der Waals surface area contributed by atoms with E-state index in [9.17, 15) is 4.79 Å². The highest BCUT2D eigenvalue weighted by atomic mass is 32.1. The van der Waals surface area contributed by atoms with Crippen LogP contribution in [0.4, 0.5) is 0 Å². The number of hydrogen-bond acceptors (Lipinski definition) is 3. The van der Waals surface area contributed by atoms with E-state index in [1.807, 2.05) is 24.3 Å². The summed E-state index contributed by atoms with van der Waals surface area (Å²) in [5.41, 5.74) is 2.51. The van der Waals surface area contributed by atoms with Crippen LogP contribution in [0.5, 0.6) is 0 Å². The van der Waals surface area contributed by atoms with Crippen LogP contribution in [0, 0.1) is 23.2 Å². The van der Waals surface area contributed by atoms with Crippen LogP contribution in [0.3, 0.4) is 0 Å². The molecule has 1 heterocycles. The Kier molecular flexibility index (Phi) is 2.86. The van der Waals surface area contributed by atoms with Crippen LogP contribution in [-0.4, -0.2) is 4.98 Å². The highest BCUT2D eigenvalue weighted by Crippen LogP contribution is 2.17. The van der Waals surface area contributed by atoms with Crippen molar-refractivity contribution in [2.75, 3.05) is 0 Å². The summed E-state index contributed by atoms with van der Waals surface area (Å²) in [5, 5.41) is 10.1. The molecule has 0 aliphatic carbocycles. The number of benzene rings is 1. The van der Waals surface area contributed by atoms with Gasteiger partial charge in [-0.1, -0.05) is 29.4 Å². The molecule has 0 spiro atoms. The molecule has 0 saturated carbocycles. The summed E-state index contributed by atoms with van der Waals surface area (Å²) in [6.45, 7) is 0. The van der Waals surface area contributed by atoms with Crippen molar-refractivity contribution in [2.45, 2.75) is 0 Å². The molecule has 0 fully saturated rings. The summed E-state index contributed by atoms with van der Waals surface area (Å²) in [5.74, 6) is 5.03. The van der Waals surface area contributed by atoms with Gasteiger partial charge < -0.3 is 4.98 Å². The Bertz CT molecular complexity index is 647. The number of nitriles is 1. The first-order chi connectivity index (χ1) is 7.79. The standard InChI is InChI=1S/C12H6N2OS/c13-7-1-2-9-3-5-10(6-4-9)11-8-16-12(15)14-11/h3-6,8H,(H,14,15). The summed E-state index contributed by atoms with van der Waals surface area (Å²) in [6, 6.07) is 9.11. The maximum Gasteiger partial charge on any atom is 0.304 e. The maximum atomic E-state index is 11.0. The Morgan fingerprint density at radius 3 is 2.56 bits per heavy atom. The summed E-state index contributed by atoms with van der Waals surface area (Å²) in [4.78, 5) is 13.6. The minimum Gasteiger partial charge on any atom is -0.312 e. The van der Waals surface area contributed by atoms with Crippen LogP contribution in [-0.2, 0) is 0 Å². The Hall–Kier alpha value is -2.30. The zero-order chi connectivity index (χ0) is 11.4. The number of hydrogen-bond donors (Lipinski definition) is 1. The molecule has 76 valence electrons. The second-order valence-corrected chi connectivity index (χ2v) is 3.84. The molecule has 0 aliphatic rings. The van der Waals surface area contributed by atoms with Gasteiger partial charge in [-0.2, -0.15) is 5.26 Å². The molecule has 3 nitrogen and oxygen atoms in total. The molecule has 1 N–H and O–H groups in total. The molecule has 1 aromatic carbocycles. The SMILES string of the molecule is N#CC#Cc1ccc(-c2csc(=O)[nH]2)cc1. The summed E-state index contributed by atoms with van der Waals surface area (Å²) < 4.78 is 0. The molecule has 0 saturated heterocycles. The van der Waals surface area contributed by atoms with Gasteiger partial charge in [0.25, 0.3) is 0 Å². The lowest BCUT2D eigenvalue weighted by molar-refractivity contribution is 1.34. The number of thiazole rings is 1. The quantitative estimate of drug-likeness (QED) is 0.756. The second kappa shape index (κ2) is 4.48. The molecule has 0 unspecified atom stereocenters. The van der Waals surface area contributed by atoms with Gasteiger partial charge in [0.2, 0.25) is 0 Å². The summed E-state index contributed by atoms with van der Waals surface area (Å²) in [6.07, 6.45) is 0. The molecule has 0 aliphatic heterocycles. The van der Waals surface area contributed by atoms with Gasteiger partial charge in [0, 0.05) is 16.9 Å². The van der Waals surface area contributed by atoms with Crippen LogP contribution in [0.1, 0.15) is 5.56 Å². The third-order valence-corrected chi connectivity index (χ3v) is 2.65. The number of aromatic amines is 1. The number of H-pyrrole nitrogens is 1. The van der Waals surface area contributed by atoms with Crippen LogP contribution >= 0.6 is 11.3 Å². The van der Waals surface area contributed by atoms with Crippen molar-refractivity contribution in [3.05, 3.63) is 44.9 Å². The van der Waals surface area contributed by atoms with E-state index in [1.165, 1.54) is 0 Å². The highest BCUT2D eigenvalue weighted by molar-refractivity contribution is 7.07. The van der Waals surface area contributed by atoms with Gasteiger partial charge in [-0.05, 0) is 17.7 Å². The van der Waals surface area contributed by atoms with Gasteiger partial charge in [-0.15, -0.1) is 0 Å². The molecule has 0 amide bonds. The zero-order valence-corrected chi connectivity index (χ0v) is 8.97. The predicted octanol–water partition coefficient (Wildman–Crippen LogP) is 1.98. The minimum absolute atomic E-state index is 0.0663. The molecule has 0 atom stereocenters. The van der Waals surface area contributed by atoms with Crippen LogP contribution in [0.15, 0.2) is 34.4 Å². The first-order valence-corrected chi connectivity index (χ1v) is 5.36. The Morgan fingerprint density at radius 1 is 1.25 bits per heavy atom. The lowest BCUT2D eigenvalue weighted by Crippen LogP contribution is -1.92. The number of nitrogens with one attached hydrogen (secondary N) is 1. The molecule has 0 bridgehead atoms. The normalized spacial score (nSPS) is 8.94. The van der Waals surface area contributed by atoms with Gasteiger partial charge in [0.15, 0.2) is 6.07 Å². The van der Waals surface area contributed by atoms with E-state index in [-0.39, 0.29) is 4.87 Å². The molecule has 2 rings (SSSR count). The molecule has 0 radical (unpaired) electrons. The third-order valence-electron chi connectivity index (χ3n) is 1.98. The van der Waals surface area contributed by atoms with E-state index in [0.29, 0.717) is 0 Å². The van der Waals surface area contributed by atoms with Crippen molar-refractivity contribution in [1.29, 1.82) is 5.26 Å². The Labute approximate surface area is 96.0 Å². The lowest BCUT2D eigenvalue weighted by Gasteiger charge is -1.96. The van der Waals surface area contributed by atoms with E-state index in [2.05, 4.69) is 16.8 Å². The highest BCUT2D eigenvalue weighted by Gasteiger charge is 1.99. The molecular formula is C12H6N2OS. The largest absolute Gasteiger partial charge is 0.312 e. The average Bonchev–Trinajstić information content (AvgIpc) is 2.74. The summed E-state index contributed by atoms with van der Waals surface area (Å²) in [7, 11) is 0. The van der Waals surface area contributed by atoms with Crippen LogP contribution in [0.25, 0.3) is 11.3 Å². The van der Waals surface area contributed by atoms with E-state index in [0.717, 1.165) is 28.2 Å². The lowest BCUT2D eigenvalue weighted by atomic mass is 10.1. The van der Waals surface area contributed by atoms with Gasteiger partial charge >= 0.3 is 4.87 Å². The number of aromatic nitrogens is 1. The van der Waals surface area contributed by atoms with Crippen molar-refractivity contribution in [2.24, 2.45) is 0 Å². The monoisotopic (exact) mass is 226 g/mol. The molecule has 4 heteroatoms. The van der Waals surface area contributed by atoms with E-state index in [4.69, 9.17) is 5.26 Å². The van der Waals surface area contributed by atoms with Crippen LogP contribution in [0.2, 0.25) is 0 Å². The van der Waals surface area contributed by atoms with Crippen LogP contribution < -0.4 is 4.87 Å². The van der Waals surface area contributed by atoms with E-state index in [1.54, 1.807) is 11.4 Å². The van der Waals surface area contributed by atoms with Crippen molar-refractivity contribution in [3.63, 3.8) is 0 Å². The predicted molar refractivity (Wildman–Crippen MR) is 62.9 cm³/mol. The van der Waals surface area contributed by atoms with Crippen molar-refractivity contribution in [1.82, 2.24) is 4.98 Å². The van der Waals surface area contributed by atoms with Gasteiger partial charge in [-0.3, -0.25) is 4.79 Å². The number of rotatable bonds is 1. The van der Waals surface area contributed by atoms with Gasteiger partial charge in [-0.25, -0.2) is 0 Å². The first kappa shape index (κ1) is 10.2. The number of nitrogens with zero attached hydrogens (tertiary/aromatic N) is 1. The second-order valence-electron chi connectivity index (χ2n) is 3.00. The minimum atomic E-state index is -0.0663. The fraction of sp³-hybridized carbons (Fsp3) is 0. The zero-order valence-electron chi connectivity index (χ0n) is 8.15. The van der Waals surface area contributed by atoms with E-state index >= 15 is 0 Å². The van der Waals surface area contributed by atoms with Crippen molar-refractivity contribution >= 4 is 11.3 Å². The average molecular weight is 226 g/mol. The summed E-state index contributed by atoms with van der Waals surface area (Å²) >= 11 is 1.14. The topological polar surface area (TPSA) is 56.6 Å².